The number of likely N-dealkylation sites (N-methyl/N-ethyl adjacent to an activating group) is 1. The molecular weight excluding hydrogens is 464 g/mol. The van der Waals surface area contributed by atoms with E-state index in [0.29, 0.717) is 49.3 Å². The third-order valence-corrected chi connectivity index (χ3v) is 8.29. The van der Waals surface area contributed by atoms with Gasteiger partial charge in [-0.3, -0.25) is 0 Å². The van der Waals surface area contributed by atoms with Crippen molar-refractivity contribution in [2.45, 2.75) is 17.7 Å². The number of anilines is 1. The lowest BCUT2D eigenvalue weighted by Gasteiger charge is -2.33. The Hall–Kier alpha value is -3.21. The molecule has 0 atom stereocenters. The highest BCUT2D eigenvalue weighted by molar-refractivity contribution is 7.89. The molecule has 9 nitrogen and oxygen atoms in total. The molecule has 1 aliphatic rings. The van der Waals surface area contributed by atoms with Crippen molar-refractivity contribution in [2.75, 3.05) is 51.7 Å². The summed E-state index contributed by atoms with van der Waals surface area (Å²) in [5, 5.41) is 5.38. The lowest BCUT2D eigenvalue weighted by Crippen LogP contribution is -2.49. The number of nitrogens with one attached hydrogen (secondary N) is 1. The van der Waals surface area contributed by atoms with Crippen LogP contribution in [-0.4, -0.2) is 79.6 Å². The van der Waals surface area contributed by atoms with Crippen LogP contribution in [0.2, 0.25) is 0 Å². The molecule has 184 valence electrons. The van der Waals surface area contributed by atoms with Gasteiger partial charge in [-0.15, -0.1) is 0 Å². The number of rotatable bonds is 8. The summed E-state index contributed by atoms with van der Waals surface area (Å²) in [4.78, 5) is 12.4. The Balaban J connectivity index is 1.23. The molecule has 1 fully saturated rings. The van der Waals surface area contributed by atoms with E-state index in [1.54, 1.807) is 24.3 Å². The average molecular weight is 495 g/mol. The lowest BCUT2D eigenvalue weighted by atomic mass is 10.1. The van der Waals surface area contributed by atoms with E-state index in [-0.39, 0.29) is 0 Å². The van der Waals surface area contributed by atoms with E-state index in [1.807, 2.05) is 11.0 Å². The first-order valence-corrected chi connectivity index (χ1v) is 13.2. The Morgan fingerprint density at radius 1 is 1.06 bits per heavy atom. The molecule has 1 N–H and O–H groups in total. The van der Waals surface area contributed by atoms with Crippen LogP contribution in [0.5, 0.6) is 0 Å². The van der Waals surface area contributed by atoms with Gasteiger partial charge in [-0.2, -0.15) is 9.29 Å². The van der Waals surface area contributed by atoms with Gasteiger partial charge in [0.1, 0.15) is 0 Å². The summed E-state index contributed by atoms with van der Waals surface area (Å²) in [6, 6.07) is 14.9. The first kappa shape index (κ1) is 23.5. The van der Waals surface area contributed by atoms with Crippen LogP contribution < -0.4 is 4.90 Å². The van der Waals surface area contributed by atoms with E-state index < -0.39 is 10.0 Å². The molecule has 0 radical (unpaired) electrons. The SMILES string of the molecule is CN(C)CCc1c[nH]c2ccc(Cc3nc(N4CCN(S(=O)(=O)c5ccccc5)CC4)no3)cc12. The summed E-state index contributed by atoms with van der Waals surface area (Å²) in [6.07, 6.45) is 3.61. The zero-order valence-corrected chi connectivity index (χ0v) is 20.8. The predicted molar refractivity (Wildman–Crippen MR) is 135 cm³/mol. The fourth-order valence-electron chi connectivity index (χ4n) is 4.38. The zero-order chi connectivity index (χ0) is 24.4. The summed E-state index contributed by atoms with van der Waals surface area (Å²) in [5.41, 5.74) is 3.53. The zero-order valence-electron chi connectivity index (χ0n) is 20.0. The van der Waals surface area contributed by atoms with Crippen LogP contribution in [0.1, 0.15) is 17.0 Å². The fraction of sp³-hybridized carbons (Fsp3) is 0.360. The number of aromatic amines is 1. The van der Waals surface area contributed by atoms with Crippen LogP contribution in [0, 0.1) is 0 Å². The van der Waals surface area contributed by atoms with Crippen LogP contribution in [0.15, 0.2) is 64.1 Å². The van der Waals surface area contributed by atoms with Crippen molar-refractivity contribution in [3.8, 4) is 0 Å². The molecule has 0 unspecified atom stereocenters. The van der Waals surface area contributed by atoms with Crippen LogP contribution in [0.25, 0.3) is 10.9 Å². The van der Waals surface area contributed by atoms with E-state index in [9.17, 15) is 8.42 Å². The van der Waals surface area contributed by atoms with Gasteiger partial charge in [0, 0.05) is 49.8 Å². The van der Waals surface area contributed by atoms with Gasteiger partial charge in [0.25, 0.3) is 5.95 Å². The number of nitrogens with zero attached hydrogens (tertiary/aromatic N) is 5. The summed E-state index contributed by atoms with van der Waals surface area (Å²) in [5.74, 6) is 1.05. The largest absolute Gasteiger partial charge is 0.361 e. The van der Waals surface area contributed by atoms with Gasteiger partial charge >= 0.3 is 0 Å². The predicted octanol–water partition coefficient (Wildman–Crippen LogP) is 2.76. The number of H-pyrrole nitrogens is 1. The second-order valence-electron chi connectivity index (χ2n) is 9.12. The minimum Gasteiger partial charge on any atom is -0.361 e. The Morgan fingerprint density at radius 3 is 2.57 bits per heavy atom. The van der Waals surface area contributed by atoms with Crippen LogP contribution in [0.4, 0.5) is 5.95 Å². The highest BCUT2D eigenvalue weighted by Gasteiger charge is 2.29. The third-order valence-electron chi connectivity index (χ3n) is 6.38. The Morgan fingerprint density at radius 2 is 1.83 bits per heavy atom. The highest BCUT2D eigenvalue weighted by atomic mass is 32.2. The van der Waals surface area contributed by atoms with Crippen LogP contribution in [-0.2, 0) is 22.9 Å². The van der Waals surface area contributed by atoms with Crippen LogP contribution in [0.3, 0.4) is 0 Å². The van der Waals surface area contributed by atoms with Crippen molar-refractivity contribution < 1.29 is 12.9 Å². The van der Waals surface area contributed by atoms with Crippen molar-refractivity contribution in [1.29, 1.82) is 0 Å². The number of sulfonamides is 1. The average Bonchev–Trinajstić information content (AvgIpc) is 3.50. The van der Waals surface area contributed by atoms with Gasteiger partial charge in [-0.1, -0.05) is 24.3 Å². The summed E-state index contributed by atoms with van der Waals surface area (Å²) in [7, 11) is 0.666. The molecule has 0 bridgehead atoms. The van der Waals surface area contributed by atoms with Crippen molar-refractivity contribution >= 4 is 26.9 Å². The second kappa shape index (κ2) is 9.80. The first-order valence-electron chi connectivity index (χ1n) is 11.8. The van der Waals surface area contributed by atoms with Gasteiger partial charge in [0.2, 0.25) is 15.9 Å². The van der Waals surface area contributed by atoms with Gasteiger partial charge < -0.3 is 19.3 Å². The molecule has 1 aliphatic heterocycles. The third kappa shape index (κ3) is 5.09. The Bertz CT molecular complexity index is 1390. The Kier molecular flexibility index (Phi) is 6.59. The van der Waals surface area contributed by atoms with Crippen molar-refractivity contribution in [3.05, 3.63) is 71.7 Å². The first-order chi connectivity index (χ1) is 16.9. The topological polar surface area (TPSA) is 98.6 Å². The van der Waals surface area contributed by atoms with Crippen molar-refractivity contribution in [2.24, 2.45) is 0 Å². The highest BCUT2D eigenvalue weighted by Crippen LogP contribution is 2.23. The lowest BCUT2D eigenvalue weighted by molar-refractivity contribution is 0.368. The molecule has 10 heteroatoms. The Labute approximate surface area is 205 Å². The van der Waals surface area contributed by atoms with Crippen molar-refractivity contribution in [3.63, 3.8) is 0 Å². The van der Waals surface area contributed by atoms with E-state index in [2.05, 4.69) is 58.5 Å². The molecule has 0 saturated carbocycles. The maximum atomic E-state index is 12.9. The quantitative estimate of drug-likeness (QED) is 0.402. The molecule has 1 saturated heterocycles. The minimum atomic E-state index is -3.49. The van der Waals surface area contributed by atoms with Gasteiger partial charge in [-0.05, 0) is 61.1 Å². The smallest absolute Gasteiger partial charge is 0.266 e. The molecular formula is C25H30N6O3S. The molecule has 0 amide bonds. The number of piperazine rings is 1. The summed E-state index contributed by atoms with van der Waals surface area (Å²) < 4.78 is 32.8. The normalized spacial score (nSPS) is 15.3. The van der Waals surface area contributed by atoms with E-state index in [0.717, 1.165) is 24.0 Å². The molecule has 2 aromatic heterocycles. The van der Waals surface area contributed by atoms with E-state index >= 15 is 0 Å². The van der Waals surface area contributed by atoms with Gasteiger partial charge in [0.15, 0.2) is 0 Å². The maximum Gasteiger partial charge on any atom is 0.266 e. The second-order valence-corrected chi connectivity index (χ2v) is 11.1. The minimum absolute atomic E-state index is 0.319. The van der Waals surface area contributed by atoms with Crippen LogP contribution >= 0.6 is 0 Å². The maximum absolute atomic E-state index is 12.9. The summed E-state index contributed by atoms with van der Waals surface area (Å²) in [6.45, 7) is 2.76. The van der Waals surface area contributed by atoms with Gasteiger partial charge in [0.05, 0.1) is 11.3 Å². The number of benzene rings is 2. The number of fused-ring (bicyclic) bond motifs is 1. The van der Waals surface area contributed by atoms with E-state index in [1.165, 1.54) is 15.3 Å². The number of aromatic nitrogens is 3. The molecule has 2 aromatic carbocycles. The molecule has 3 heterocycles. The molecule has 0 spiro atoms. The molecule has 5 rings (SSSR count). The molecule has 0 aliphatic carbocycles. The standard InChI is InChI=1S/C25H30N6O3S/c1-29(2)11-10-20-18-26-23-9-8-19(16-22(20)23)17-24-27-25(28-34-24)30-12-14-31(15-13-30)35(32,33)21-6-4-3-5-7-21/h3-9,16,18,26H,10-15,17H2,1-2H3. The monoisotopic (exact) mass is 494 g/mol. The molecule has 4 aromatic rings. The fourth-order valence-corrected chi connectivity index (χ4v) is 5.82. The molecule has 35 heavy (non-hydrogen) atoms. The van der Waals surface area contributed by atoms with Crippen molar-refractivity contribution in [1.82, 2.24) is 24.3 Å². The number of hydrogen-bond acceptors (Lipinski definition) is 7. The van der Waals surface area contributed by atoms with Gasteiger partial charge in [-0.25, -0.2) is 8.42 Å². The van der Waals surface area contributed by atoms with E-state index in [4.69, 9.17) is 4.52 Å². The summed E-state index contributed by atoms with van der Waals surface area (Å²) >= 11 is 0. The number of hydrogen-bond donors (Lipinski definition) is 1.